The predicted octanol–water partition coefficient (Wildman–Crippen LogP) is 8.54. The van der Waals surface area contributed by atoms with Gasteiger partial charge in [-0.1, -0.05) is 72.0 Å². The summed E-state index contributed by atoms with van der Waals surface area (Å²) in [5, 5.41) is 33.3. The van der Waals surface area contributed by atoms with E-state index < -0.39 is 12.2 Å². The number of aryl methyl sites for hydroxylation is 1. The Morgan fingerprint density at radius 2 is 1.65 bits per heavy atom. The van der Waals surface area contributed by atoms with Crippen LogP contribution in [0, 0.1) is 6.92 Å². The van der Waals surface area contributed by atoms with E-state index in [1.807, 2.05) is 108 Å². The SMILES string of the molecule is Cc1c(Oc2ccc(CCN3CCN(c4cccc5c(C6CCC(=O)NC6O)nn(C)c45)CC3)cc2)cccc1-c1ccc(N2CCc3cccc(C(=O)Nc4nc5ccccc5s4)c3C2)nc1C(=O)O. The van der Waals surface area contributed by atoms with Gasteiger partial charge in [0.05, 0.1) is 27.1 Å². The number of ether oxygens (including phenoxy) is 1. The minimum Gasteiger partial charge on any atom is -0.476 e. The van der Waals surface area contributed by atoms with E-state index >= 15 is 0 Å². The van der Waals surface area contributed by atoms with Crippen LogP contribution in [-0.4, -0.2) is 98.1 Å². The number of nitrogens with one attached hydrogen (secondary N) is 2. The number of thiazole rings is 1. The van der Waals surface area contributed by atoms with Crippen LogP contribution in [0.5, 0.6) is 11.5 Å². The minimum absolute atomic E-state index is 0.0598. The molecule has 71 heavy (non-hydrogen) atoms. The molecule has 2 fully saturated rings. The third-order valence-corrected chi connectivity index (χ3v) is 15.1. The molecule has 16 heteroatoms. The van der Waals surface area contributed by atoms with Crippen LogP contribution in [0.2, 0.25) is 0 Å². The van der Waals surface area contributed by atoms with E-state index in [0.717, 1.165) is 88.3 Å². The number of nitrogens with zero attached hydrogens (tertiary/aromatic N) is 7. The summed E-state index contributed by atoms with van der Waals surface area (Å²) < 4.78 is 9.34. The van der Waals surface area contributed by atoms with Crippen LogP contribution in [0.25, 0.3) is 32.2 Å². The van der Waals surface area contributed by atoms with Gasteiger partial charge in [0, 0.05) is 81.7 Å². The molecule has 5 aromatic carbocycles. The van der Waals surface area contributed by atoms with Gasteiger partial charge in [-0.3, -0.25) is 24.5 Å². The van der Waals surface area contributed by atoms with Crippen LogP contribution in [-0.2, 0) is 31.2 Å². The van der Waals surface area contributed by atoms with Crippen molar-refractivity contribution in [1.29, 1.82) is 0 Å². The highest BCUT2D eigenvalue weighted by Gasteiger charge is 2.33. The molecule has 0 aliphatic carbocycles. The Balaban J connectivity index is 0.720. The molecule has 4 N–H and O–H groups in total. The number of aliphatic hydroxyl groups is 1. The first-order chi connectivity index (χ1) is 34.5. The van der Waals surface area contributed by atoms with E-state index in [0.29, 0.717) is 71.5 Å². The number of carbonyl (C=O) groups excluding carboxylic acids is 2. The second kappa shape index (κ2) is 19.3. The number of piperidine rings is 1. The molecule has 0 radical (unpaired) electrons. The maximum atomic E-state index is 13.7. The van der Waals surface area contributed by atoms with Crippen molar-refractivity contribution in [1.82, 2.24) is 30.0 Å². The van der Waals surface area contributed by atoms with Gasteiger partial charge in [0.15, 0.2) is 10.8 Å². The van der Waals surface area contributed by atoms with Gasteiger partial charge in [-0.25, -0.2) is 14.8 Å². The fraction of sp³-hybridized carbons (Fsp3) is 0.273. The lowest BCUT2D eigenvalue weighted by Crippen LogP contribution is -2.47. The lowest BCUT2D eigenvalue weighted by molar-refractivity contribution is -0.127. The Bertz CT molecular complexity index is 3310. The zero-order chi connectivity index (χ0) is 48.8. The average Bonchev–Trinajstić information content (AvgIpc) is 3.96. The summed E-state index contributed by atoms with van der Waals surface area (Å²) in [5.74, 6) is 0.0792. The standard InChI is InChI=1S/C55H53N9O6S/c1-33-37(38-20-22-47(57-50(38)54(68)69)64-27-25-35-8-5-10-39(42(35)32-64)52(66)59-55-56-43-12-3-4-15-46(43)71-55)9-7-14-45(33)70-36-18-16-34(17-19-36)24-26-62-28-30-63(31-29-62)44-13-6-11-40-49(60-61(2)51(40)44)41-21-23-48(65)58-53(41)67/h3-20,22,41,53,67H,21,23-32H2,1-2H3,(H,58,65)(H,68,69)(H,56,59,66). The van der Waals surface area contributed by atoms with Crippen molar-refractivity contribution in [3.8, 4) is 22.6 Å². The lowest BCUT2D eigenvalue weighted by atomic mass is 9.91. The largest absolute Gasteiger partial charge is 0.476 e. The number of hydrogen-bond acceptors (Lipinski definition) is 12. The number of pyridine rings is 1. The highest BCUT2D eigenvalue weighted by molar-refractivity contribution is 7.22. The topological polar surface area (TPSA) is 178 Å². The average molecular weight is 968 g/mol. The Kier molecular flexibility index (Phi) is 12.4. The molecule has 8 aromatic rings. The molecule has 11 rings (SSSR count). The van der Waals surface area contributed by atoms with Crippen molar-refractivity contribution in [2.45, 2.75) is 51.3 Å². The Morgan fingerprint density at radius 1 is 0.845 bits per heavy atom. The molecular weight excluding hydrogens is 915 g/mol. The lowest BCUT2D eigenvalue weighted by Gasteiger charge is -2.36. The smallest absolute Gasteiger partial charge is 0.355 e. The monoisotopic (exact) mass is 967 g/mol. The van der Waals surface area contributed by atoms with Gasteiger partial charge >= 0.3 is 5.97 Å². The first kappa shape index (κ1) is 45.8. The molecule has 0 spiro atoms. The number of hydrogen-bond donors (Lipinski definition) is 4. The van der Waals surface area contributed by atoms with Crippen molar-refractivity contribution in [2.24, 2.45) is 7.05 Å². The molecule has 2 atom stereocenters. The molecule has 2 unspecified atom stereocenters. The fourth-order valence-electron chi connectivity index (χ4n) is 10.4. The number of fused-ring (bicyclic) bond motifs is 3. The van der Waals surface area contributed by atoms with Gasteiger partial charge in [0.25, 0.3) is 5.91 Å². The summed E-state index contributed by atoms with van der Waals surface area (Å²) in [7, 11) is 1.95. The number of aromatic nitrogens is 4. The van der Waals surface area contributed by atoms with Crippen LogP contribution < -0.4 is 25.2 Å². The highest BCUT2D eigenvalue weighted by Crippen LogP contribution is 2.38. The summed E-state index contributed by atoms with van der Waals surface area (Å²) in [4.78, 5) is 54.7. The maximum absolute atomic E-state index is 13.7. The Labute approximate surface area is 414 Å². The summed E-state index contributed by atoms with van der Waals surface area (Å²) in [6.07, 6.45) is 1.56. The highest BCUT2D eigenvalue weighted by atomic mass is 32.1. The van der Waals surface area contributed by atoms with Gasteiger partial charge in [0.1, 0.15) is 23.5 Å². The number of carboxylic acids is 1. The summed E-state index contributed by atoms with van der Waals surface area (Å²) >= 11 is 1.43. The number of anilines is 3. The Morgan fingerprint density at radius 3 is 2.45 bits per heavy atom. The van der Waals surface area contributed by atoms with Crippen molar-refractivity contribution < 1.29 is 29.3 Å². The van der Waals surface area contributed by atoms with E-state index in [2.05, 4.69) is 55.7 Å². The van der Waals surface area contributed by atoms with Crippen LogP contribution in [0.4, 0.5) is 16.6 Å². The van der Waals surface area contributed by atoms with E-state index in [1.54, 1.807) is 0 Å². The zero-order valence-electron chi connectivity index (χ0n) is 39.5. The quantitative estimate of drug-likeness (QED) is 0.0919. The number of benzene rings is 5. The van der Waals surface area contributed by atoms with Crippen LogP contribution in [0.15, 0.2) is 115 Å². The normalized spacial score (nSPS) is 17.3. The third-order valence-electron chi connectivity index (χ3n) is 14.2. The second-order valence-corrected chi connectivity index (χ2v) is 19.6. The first-order valence-corrected chi connectivity index (χ1v) is 24.9. The summed E-state index contributed by atoms with van der Waals surface area (Å²) in [6.45, 7) is 7.48. The molecule has 3 aromatic heterocycles. The minimum atomic E-state index is -1.13. The number of rotatable bonds is 12. The number of carbonyl (C=O) groups is 3. The number of para-hydroxylation sites is 2. The molecule has 6 heterocycles. The summed E-state index contributed by atoms with van der Waals surface area (Å²) in [5.41, 5.74) is 9.49. The van der Waals surface area contributed by atoms with Gasteiger partial charge in [-0.15, -0.1) is 0 Å². The van der Waals surface area contributed by atoms with Crippen molar-refractivity contribution in [2.75, 3.05) is 54.4 Å². The van der Waals surface area contributed by atoms with Crippen LogP contribution in [0.1, 0.15) is 67.6 Å². The van der Waals surface area contributed by atoms with E-state index in [4.69, 9.17) is 14.8 Å². The molecule has 360 valence electrons. The number of carboxylic acid groups (broad SMARTS) is 1. The van der Waals surface area contributed by atoms with Gasteiger partial charge in [-0.2, -0.15) is 5.10 Å². The molecule has 2 amide bonds. The molecule has 2 saturated heterocycles. The molecule has 0 saturated carbocycles. The van der Waals surface area contributed by atoms with Crippen molar-refractivity contribution in [3.63, 3.8) is 0 Å². The number of aromatic carboxylic acids is 1. The van der Waals surface area contributed by atoms with E-state index in [9.17, 15) is 24.6 Å². The van der Waals surface area contributed by atoms with Crippen LogP contribution >= 0.6 is 11.3 Å². The molecule has 15 nitrogen and oxygen atoms in total. The van der Waals surface area contributed by atoms with Crippen molar-refractivity contribution >= 4 is 66.9 Å². The maximum Gasteiger partial charge on any atom is 0.355 e. The molecule has 3 aliphatic rings. The zero-order valence-corrected chi connectivity index (χ0v) is 40.3. The number of amides is 2. The summed E-state index contributed by atoms with van der Waals surface area (Å²) in [6, 6.07) is 37.3. The van der Waals surface area contributed by atoms with E-state index in [-0.39, 0.29) is 23.4 Å². The van der Waals surface area contributed by atoms with Gasteiger partial charge in [0.2, 0.25) is 5.91 Å². The first-order valence-electron chi connectivity index (χ1n) is 24.1. The molecular formula is C55H53N9O6S. The number of piperazine rings is 1. The van der Waals surface area contributed by atoms with Gasteiger partial charge < -0.3 is 30.1 Å². The van der Waals surface area contributed by atoms with E-state index in [1.165, 1.54) is 16.9 Å². The molecule has 3 aliphatic heterocycles. The second-order valence-electron chi connectivity index (χ2n) is 18.5. The predicted molar refractivity (Wildman–Crippen MR) is 276 cm³/mol. The van der Waals surface area contributed by atoms with Crippen molar-refractivity contribution in [3.05, 3.63) is 154 Å². The molecule has 0 bridgehead atoms. The Hall–Kier alpha value is -7.66. The van der Waals surface area contributed by atoms with Gasteiger partial charge in [-0.05, 0) is 109 Å². The third kappa shape index (κ3) is 9.17. The van der Waals surface area contributed by atoms with Crippen LogP contribution in [0.3, 0.4) is 0 Å². The fourth-order valence-corrected chi connectivity index (χ4v) is 11.3. The number of aliphatic hydroxyl groups excluding tert-OH is 1.